The number of anilines is 1. The van der Waals surface area contributed by atoms with Crippen LogP contribution in [0.2, 0.25) is 0 Å². The van der Waals surface area contributed by atoms with E-state index in [2.05, 4.69) is 5.32 Å². The van der Waals surface area contributed by atoms with Gasteiger partial charge in [-0.05, 0) is 30.5 Å². The molecule has 0 bridgehead atoms. The second kappa shape index (κ2) is 8.60. The molecule has 0 aliphatic heterocycles. The molecular formula is C18H23N2O2S+. The summed E-state index contributed by atoms with van der Waals surface area (Å²) in [4.78, 5) is 14.4. The van der Waals surface area contributed by atoms with Crippen molar-refractivity contribution < 1.29 is 14.4 Å². The summed E-state index contributed by atoms with van der Waals surface area (Å²) in [6, 6.07) is 15.7. The third-order valence-electron chi connectivity index (χ3n) is 3.53. The van der Waals surface area contributed by atoms with Crippen LogP contribution < -0.4 is 15.0 Å². The SMILES string of the molecule is COc1ccccc1C[NH+](C)CC(=O)Nc1ccccc1SC. The number of carbonyl (C=O) groups is 1. The Kier molecular flexibility index (Phi) is 6.50. The standard InChI is InChI=1S/C18H22N2O2S/c1-20(12-14-8-4-6-10-16(14)22-2)13-18(21)19-15-9-5-7-11-17(15)23-3/h4-11H,12-13H2,1-3H3,(H,19,21)/p+1. The third-order valence-corrected chi connectivity index (χ3v) is 4.32. The van der Waals surface area contributed by atoms with E-state index in [0.29, 0.717) is 6.54 Å². The summed E-state index contributed by atoms with van der Waals surface area (Å²) in [5.41, 5.74) is 1.97. The fourth-order valence-corrected chi connectivity index (χ4v) is 3.01. The number of thioether (sulfide) groups is 1. The van der Waals surface area contributed by atoms with Crippen LogP contribution >= 0.6 is 11.8 Å². The highest BCUT2D eigenvalue weighted by molar-refractivity contribution is 7.98. The highest BCUT2D eigenvalue weighted by Gasteiger charge is 2.14. The van der Waals surface area contributed by atoms with Crippen molar-refractivity contribution in [3.63, 3.8) is 0 Å². The van der Waals surface area contributed by atoms with Crippen LogP contribution in [0.15, 0.2) is 53.4 Å². The Balaban J connectivity index is 1.94. The zero-order valence-corrected chi connectivity index (χ0v) is 14.6. The number of ether oxygens (including phenoxy) is 1. The topological polar surface area (TPSA) is 42.8 Å². The molecule has 0 heterocycles. The van der Waals surface area contributed by atoms with Gasteiger partial charge in [0, 0.05) is 10.5 Å². The monoisotopic (exact) mass is 331 g/mol. The molecule has 1 amide bonds. The van der Waals surface area contributed by atoms with E-state index in [4.69, 9.17) is 4.74 Å². The van der Waals surface area contributed by atoms with Gasteiger partial charge in [-0.3, -0.25) is 4.79 Å². The first kappa shape index (κ1) is 17.4. The Morgan fingerprint density at radius 3 is 2.61 bits per heavy atom. The molecule has 5 heteroatoms. The van der Waals surface area contributed by atoms with Crippen molar-refractivity contribution in [2.75, 3.05) is 32.3 Å². The predicted molar refractivity (Wildman–Crippen MR) is 95.3 cm³/mol. The van der Waals surface area contributed by atoms with E-state index in [0.717, 1.165) is 33.3 Å². The first-order valence-corrected chi connectivity index (χ1v) is 8.72. The average molecular weight is 331 g/mol. The van der Waals surface area contributed by atoms with Crippen LogP contribution in [-0.2, 0) is 11.3 Å². The van der Waals surface area contributed by atoms with Gasteiger partial charge in [-0.25, -0.2) is 0 Å². The van der Waals surface area contributed by atoms with Gasteiger partial charge in [0.1, 0.15) is 12.3 Å². The number of amides is 1. The maximum absolute atomic E-state index is 12.3. The molecule has 0 saturated heterocycles. The Morgan fingerprint density at radius 1 is 1.17 bits per heavy atom. The van der Waals surface area contributed by atoms with E-state index in [9.17, 15) is 4.79 Å². The lowest BCUT2D eigenvalue weighted by atomic mass is 10.2. The van der Waals surface area contributed by atoms with E-state index >= 15 is 0 Å². The summed E-state index contributed by atoms with van der Waals surface area (Å²) >= 11 is 1.63. The molecule has 2 rings (SSSR count). The molecule has 0 aliphatic rings. The third kappa shape index (κ3) is 5.01. The second-order valence-electron chi connectivity index (χ2n) is 5.37. The van der Waals surface area contributed by atoms with Crippen LogP contribution in [0.25, 0.3) is 0 Å². The van der Waals surface area contributed by atoms with Crippen molar-refractivity contribution in [3.8, 4) is 5.75 Å². The molecule has 0 radical (unpaired) electrons. The Bertz CT molecular complexity index is 661. The lowest BCUT2D eigenvalue weighted by Gasteiger charge is -2.16. The van der Waals surface area contributed by atoms with E-state index < -0.39 is 0 Å². The number of hydrogen-bond donors (Lipinski definition) is 2. The van der Waals surface area contributed by atoms with Crippen molar-refractivity contribution in [2.24, 2.45) is 0 Å². The van der Waals surface area contributed by atoms with Crippen LogP contribution in [0.1, 0.15) is 5.56 Å². The Labute approximate surface area is 141 Å². The van der Waals surface area contributed by atoms with Gasteiger partial charge < -0.3 is 15.0 Å². The molecule has 2 N–H and O–H groups in total. The zero-order valence-electron chi connectivity index (χ0n) is 13.8. The normalized spacial score (nSPS) is 11.8. The van der Waals surface area contributed by atoms with Gasteiger partial charge in [0.25, 0.3) is 5.91 Å². The summed E-state index contributed by atoms with van der Waals surface area (Å²) in [6.45, 7) is 1.14. The molecule has 0 aromatic heterocycles. The number of benzene rings is 2. The summed E-state index contributed by atoms with van der Waals surface area (Å²) < 4.78 is 5.36. The summed E-state index contributed by atoms with van der Waals surface area (Å²) in [5, 5.41) is 2.99. The van der Waals surface area contributed by atoms with Crippen molar-refractivity contribution in [2.45, 2.75) is 11.4 Å². The number of hydrogen-bond acceptors (Lipinski definition) is 3. The van der Waals surface area contributed by atoms with E-state index in [1.807, 2.05) is 61.8 Å². The number of quaternary nitrogens is 1. The summed E-state index contributed by atoms with van der Waals surface area (Å²) in [7, 11) is 3.67. The fourth-order valence-electron chi connectivity index (χ4n) is 2.45. The maximum Gasteiger partial charge on any atom is 0.279 e. The molecule has 2 aromatic carbocycles. The molecule has 122 valence electrons. The number of methoxy groups -OCH3 is 1. The Morgan fingerprint density at radius 2 is 1.87 bits per heavy atom. The van der Waals surface area contributed by atoms with Crippen LogP contribution in [0, 0.1) is 0 Å². The van der Waals surface area contributed by atoms with Gasteiger partial charge >= 0.3 is 0 Å². The number of rotatable bonds is 7. The minimum atomic E-state index is 0.0129. The first-order chi connectivity index (χ1) is 11.1. The maximum atomic E-state index is 12.3. The van der Waals surface area contributed by atoms with Gasteiger partial charge in [-0.2, -0.15) is 0 Å². The van der Waals surface area contributed by atoms with Gasteiger partial charge in [0.05, 0.1) is 19.8 Å². The molecule has 2 aromatic rings. The van der Waals surface area contributed by atoms with Crippen molar-refractivity contribution in [1.82, 2.24) is 0 Å². The molecular weight excluding hydrogens is 308 g/mol. The van der Waals surface area contributed by atoms with Crippen LogP contribution in [-0.4, -0.2) is 32.9 Å². The summed E-state index contributed by atoms with van der Waals surface area (Å²) in [6.07, 6.45) is 2.00. The fraction of sp³-hybridized carbons (Fsp3) is 0.278. The number of nitrogens with one attached hydrogen (secondary N) is 2. The van der Waals surface area contributed by atoms with Crippen molar-refractivity contribution in [3.05, 3.63) is 54.1 Å². The van der Waals surface area contributed by atoms with E-state index in [-0.39, 0.29) is 5.91 Å². The van der Waals surface area contributed by atoms with Gasteiger partial charge in [-0.1, -0.05) is 24.3 Å². The lowest BCUT2D eigenvalue weighted by Crippen LogP contribution is -3.08. The molecule has 0 spiro atoms. The average Bonchev–Trinajstić information content (AvgIpc) is 2.55. The molecule has 4 nitrogen and oxygen atoms in total. The predicted octanol–water partition coefficient (Wildman–Crippen LogP) is 2.07. The molecule has 0 aliphatic carbocycles. The lowest BCUT2D eigenvalue weighted by molar-refractivity contribution is -0.885. The summed E-state index contributed by atoms with van der Waals surface area (Å²) in [5.74, 6) is 0.874. The van der Waals surface area contributed by atoms with E-state index in [1.54, 1.807) is 18.9 Å². The van der Waals surface area contributed by atoms with Crippen LogP contribution in [0.3, 0.4) is 0 Å². The number of carbonyl (C=O) groups excluding carboxylic acids is 1. The van der Waals surface area contributed by atoms with Crippen LogP contribution in [0.5, 0.6) is 5.75 Å². The minimum absolute atomic E-state index is 0.0129. The largest absolute Gasteiger partial charge is 0.496 e. The van der Waals surface area contributed by atoms with E-state index in [1.165, 1.54) is 0 Å². The van der Waals surface area contributed by atoms with Crippen molar-refractivity contribution in [1.29, 1.82) is 0 Å². The Hall–Kier alpha value is -1.98. The molecule has 0 saturated carbocycles. The molecule has 0 fully saturated rings. The zero-order chi connectivity index (χ0) is 16.7. The molecule has 23 heavy (non-hydrogen) atoms. The first-order valence-electron chi connectivity index (χ1n) is 7.50. The highest BCUT2D eigenvalue weighted by Crippen LogP contribution is 2.24. The minimum Gasteiger partial charge on any atom is -0.496 e. The highest BCUT2D eigenvalue weighted by atomic mass is 32.2. The molecule has 1 atom stereocenters. The van der Waals surface area contributed by atoms with Crippen LogP contribution in [0.4, 0.5) is 5.69 Å². The second-order valence-corrected chi connectivity index (χ2v) is 6.22. The molecule has 1 unspecified atom stereocenters. The number of para-hydroxylation sites is 2. The number of likely N-dealkylation sites (N-methyl/N-ethyl adjacent to an activating group) is 1. The van der Waals surface area contributed by atoms with Crippen molar-refractivity contribution >= 4 is 23.4 Å². The van der Waals surface area contributed by atoms with Gasteiger partial charge in [0.2, 0.25) is 0 Å². The quantitative estimate of drug-likeness (QED) is 0.764. The van der Waals surface area contributed by atoms with Gasteiger partial charge in [-0.15, -0.1) is 11.8 Å². The smallest absolute Gasteiger partial charge is 0.279 e. The van der Waals surface area contributed by atoms with Gasteiger partial charge in [0.15, 0.2) is 6.54 Å².